The molecule has 0 heteroatoms. The summed E-state index contributed by atoms with van der Waals surface area (Å²) < 4.78 is 0. The van der Waals surface area contributed by atoms with Crippen molar-refractivity contribution in [1.82, 2.24) is 0 Å². The molecule has 0 amide bonds. The first-order valence-corrected chi connectivity index (χ1v) is 9.26. The number of rotatable bonds is 0. The average Bonchev–Trinajstić information content (AvgIpc) is 2.80. The highest BCUT2D eigenvalue weighted by atomic mass is 14.6. The molecule has 5 unspecified atom stereocenters. The first-order valence-electron chi connectivity index (χ1n) is 9.26. The van der Waals surface area contributed by atoms with Crippen molar-refractivity contribution < 1.29 is 0 Å². The fourth-order valence-electron chi connectivity index (χ4n) is 7.09. The van der Waals surface area contributed by atoms with Gasteiger partial charge in [0.25, 0.3) is 0 Å². The summed E-state index contributed by atoms with van der Waals surface area (Å²) in [5, 5.41) is 0. The van der Waals surface area contributed by atoms with Gasteiger partial charge in [-0.1, -0.05) is 51.7 Å². The third-order valence-electron chi connectivity index (χ3n) is 8.29. The number of fused-ring (bicyclic) bond motifs is 5. The standard InChI is InChI=1S/C20H32/c1-14-6-4-13-20(3)16(14)10-11-17-18(20)9-8-15-7-5-12-19(15,17)2/h11,14-16,18H,4-10,12-13H2,1-3H3/t14-,15?,16?,18?,19?,20?/m0/s1. The molecule has 0 bridgehead atoms. The molecule has 4 aliphatic rings. The lowest BCUT2D eigenvalue weighted by Gasteiger charge is -2.58. The molecule has 0 spiro atoms. The maximum atomic E-state index is 2.75. The second kappa shape index (κ2) is 4.37. The Kier molecular flexibility index (Phi) is 2.93. The molecule has 0 N–H and O–H groups in total. The minimum Gasteiger partial charge on any atom is -0.0842 e. The van der Waals surface area contributed by atoms with Crippen LogP contribution in [-0.2, 0) is 0 Å². The smallest absolute Gasteiger partial charge is 0.00852 e. The van der Waals surface area contributed by atoms with E-state index in [0.717, 1.165) is 23.7 Å². The zero-order chi connectivity index (χ0) is 14.0. The molecule has 0 radical (unpaired) electrons. The van der Waals surface area contributed by atoms with Gasteiger partial charge in [-0.15, -0.1) is 0 Å². The van der Waals surface area contributed by atoms with E-state index in [1.165, 1.54) is 57.8 Å². The van der Waals surface area contributed by atoms with E-state index in [1.807, 2.05) is 5.57 Å². The van der Waals surface area contributed by atoms with Crippen LogP contribution in [-0.4, -0.2) is 0 Å². The molecule has 0 aliphatic heterocycles. The Morgan fingerprint density at radius 2 is 1.80 bits per heavy atom. The van der Waals surface area contributed by atoms with E-state index < -0.39 is 0 Å². The zero-order valence-corrected chi connectivity index (χ0v) is 13.8. The molecular weight excluding hydrogens is 240 g/mol. The van der Waals surface area contributed by atoms with Crippen LogP contribution in [0.4, 0.5) is 0 Å². The number of hydrogen-bond acceptors (Lipinski definition) is 0. The second-order valence-electron chi connectivity index (χ2n) is 9.01. The Morgan fingerprint density at radius 1 is 1.00 bits per heavy atom. The molecule has 0 aromatic carbocycles. The van der Waals surface area contributed by atoms with Gasteiger partial charge in [-0.25, -0.2) is 0 Å². The van der Waals surface area contributed by atoms with Gasteiger partial charge >= 0.3 is 0 Å². The molecule has 0 saturated heterocycles. The lowest BCUT2D eigenvalue weighted by Crippen LogP contribution is -2.49. The fraction of sp³-hybridized carbons (Fsp3) is 0.900. The molecule has 4 rings (SSSR count). The van der Waals surface area contributed by atoms with E-state index in [9.17, 15) is 0 Å². The van der Waals surface area contributed by atoms with Gasteiger partial charge in [-0.05, 0) is 73.0 Å². The number of hydrogen-bond donors (Lipinski definition) is 0. The van der Waals surface area contributed by atoms with E-state index in [0.29, 0.717) is 10.8 Å². The summed E-state index contributed by atoms with van der Waals surface area (Å²) in [5.41, 5.74) is 3.16. The monoisotopic (exact) mass is 272 g/mol. The summed E-state index contributed by atoms with van der Waals surface area (Å²) in [6.45, 7) is 7.83. The van der Waals surface area contributed by atoms with Gasteiger partial charge in [0.15, 0.2) is 0 Å². The van der Waals surface area contributed by atoms with Gasteiger partial charge in [0.1, 0.15) is 0 Å². The molecule has 6 atom stereocenters. The van der Waals surface area contributed by atoms with Crippen LogP contribution in [0, 0.1) is 34.5 Å². The van der Waals surface area contributed by atoms with Crippen molar-refractivity contribution in [3.8, 4) is 0 Å². The summed E-state index contributed by atoms with van der Waals surface area (Å²) in [7, 11) is 0. The first kappa shape index (κ1) is 13.4. The Labute approximate surface area is 125 Å². The van der Waals surface area contributed by atoms with E-state index in [4.69, 9.17) is 0 Å². The Bertz CT molecular complexity index is 433. The van der Waals surface area contributed by atoms with Crippen molar-refractivity contribution in [2.24, 2.45) is 34.5 Å². The van der Waals surface area contributed by atoms with Gasteiger partial charge in [-0.2, -0.15) is 0 Å². The maximum absolute atomic E-state index is 2.75. The van der Waals surface area contributed by atoms with E-state index in [1.54, 1.807) is 0 Å². The minimum atomic E-state index is 0.595. The van der Waals surface area contributed by atoms with Crippen molar-refractivity contribution in [2.75, 3.05) is 0 Å². The third kappa shape index (κ3) is 1.60. The van der Waals surface area contributed by atoms with Crippen LogP contribution in [0.2, 0.25) is 0 Å². The summed E-state index contributed by atoms with van der Waals surface area (Å²) in [6, 6.07) is 0. The van der Waals surface area contributed by atoms with E-state index in [-0.39, 0.29) is 0 Å². The van der Waals surface area contributed by atoms with Crippen LogP contribution >= 0.6 is 0 Å². The molecule has 112 valence electrons. The summed E-state index contributed by atoms with van der Waals surface area (Å²) >= 11 is 0. The third-order valence-corrected chi connectivity index (χ3v) is 8.29. The Balaban J connectivity index is 1.75. The van der Waals surface area contributed by atoms with Crippen molar-refractivity contribution in [2.45, 2.75) is 78.6 Å². The highest BCUT2D eigenvalue weighted by Gasteiger charge is 2.56. The average molecular weight is 272 g/mol. The predicted octanol–water partition coefficient (Wildman–Crippen LogP) is 5.98. The quantitative estimate of drug-likeness (QED) is 0.476. The number of allylic oxidation sites excluding steroid dienone is 2. The van der Waals surface area contributed by atoms with Crippen LogP contribution in [0.3, 0.4) is 0 Å². The topological polar surface area (TPSA) is 0 Å². The molecule has 3 saturated carbocycles. The zero-order valence-electron chi connectivity index (χ0n) is 13.8. The molecule has 0 heterocycles. The van der Waals surface area contributed by atoms with Crippen LogP contribution < -0.4 is 0 Å². The van der Waals surface area contributed by atoms with Crippen LogP contribution in [0.25, 0.3) is 0 Å². The van der Waals surface area contributed by atoms with Crippen LogP contribution in [0.15, 0.2) is 11.6 Å². The summed E-state index contributed by atoms with van der Waals surface area (Å²) in [4.78, 5) is 0. The van der Waals surface area contributed by atoms with Gasteiger partial charge in [0.2, 0.25) is 0 Å². The van der Waals surface area contributed by atoms with E-state index in [2.05, 4.69) is 26.8 Å². The molecule has 0 aromatic heterocycles. The van der Waals surface area contributed by atoms with Crippen LogP contribution in [0.1, 0.15) is 78.6 Å². The van der Waals surface area contributed by atoms with Gasteiger partial charge in [0, 0.05) is 0 Å². The largest absolute Gasteiger partial charge is 0.0842 e. The molecule has 4 aliphatic carbocycles. The highest BCUT2D eigenvalue weighted by molar-refractivity contribution is 5.29. The van der Waals surface area contributed by atoms with Crippen molar-refractivity contribution in [3.63, 3.8) is 0 Å². The van der Waals surface area contributed by atoms with Crippen LogP contribution in [0.5, 0.6) is 0 Å². The van der Waals surface area contributed by atoms with Crippen molar-refractivity contribution in [1.29, 1.82) is 0 Å². The van der Waals surface area contributed by atoms with Gasteiger partial charge in [0.05, 0.1) is 0 Å². The maximum Gasteiger partial charge on any atom is -0.00852 e. The highest BCUT2D eigenvalue weighted by Crippen LogP contribution is 2.65. The lowest BCUT2D eigenvalue weighted by molar-refractivity contribution is -0.0186. The van der Waals surface area contributed by atoms with Gasteiger partial charge < -0.3 is 0 Å². The molecule has 0 nitrogen and oxygen atoms in total. The normalized spacial score (nSPS) is 54.6. The fourth-order valence-corrected chi connectivity index (χ4v) is 7.09. The lowest BCUT2D eigenvalue weighted by atomic mass is 9.46. The van der Waals surface area contributed by atoms with Crippen molar-refractivity contribution in [3.05, 3.63) is 11.6 Å². The summed E-state index contributed by atoms with van der Waals surface area (Å²) in [6.07, 6.45) is 16.1. The molecular formula is C20H32. The molecule has 0 aromatic rings. The van der Waals surface area contributed by atoms with E-state index >= 15 is 0 Å². The van der Waals surface area contributed by atoms with Crippen molar-refractivity contribution >= 4 is 0 Å². The Morgan fingerprint density at radius 3 is 2.65 bits per heavy atom. The predicted molar refractivity (Wildman–Crippen MR) is 85.5 cm³/mol. The molecule has 20 heavy (non-hydrogen) atoms. The molecule has 3 fully saturated rings. The second-order valence-corrected chi connectivity index (χ2v) is 9.01. The summed E-state index contributed by atoms with van der Waals surface area (Å²) in [5.74, 6) is 3.89. The Hall–Kier alpha value is -0.260. The van der Waals surface area contributed by atoms with Gasteiger partial charge in [-0.3, -0.25) is 0 Å². The first-order chi connectivity index (χ1) is 9.56. The minimum absolute atomic E-state index is 0.595. The SMILES string of the molecule is C[C@H]1CCCC2(C)C3CCC4CCCC4(C)C3=CCC12.